The van der Waals surface area contributed by atoms with E-state index in [4.69, 9.17) is 4.42 Å². The smallest absolute Gasteiger partial charge is 0.192 e. The topological polar surface area (TPSA) is 60.2 Å². The van der Waals surface area contributed by atoms with Gasteiger partial charge in [-0.2, -0.15) is 0 Å². The Hall–Kier alpha value is -1.92. The van der Waals surface area contributed by atoms with Gasteiger partial charge in [-0.15, -0.1) is 11.3 Å². The summed E-state index contributed by atoms with van der Waals surface area (Å²) in [6.07, 6.45) is 1.19. The van der Waals surface area contributed by atoms with Crippen LogP contribution >= 0.6 is 11.3 Å². The Morgan fingerprint density at radius 2 is 1.86 bits per heavy atom. The molecule has 0 atom stereocenters. The maximum Gasteiger partial charge on any atom is 0.192 e. The zero-order valence-electron chi connectivity index (χ0n) is 11.5. The molecule has 0 amide bonds. The van der Waals surface area contributed by atoms with E-state index < -0.39 is 9.84 Å². The standard InChI is InChI=1S/C15H13NO3S2/c1-10-16-14(13-4-3-9-20-13)15(19-10)11-5-7-12(8-6-11)21(2,17)18/h3-9H,1-2H3. The second-order valence-corrected chi connectivity index (χ2v) is 7.65. The highest BCUT2D eigenvalue weighted by Crippen LogP contribution is 2.35. The Balaban J connectivity index is 2.09. The van der Waals surface area contributed by atoms with Crippen LogP contribution in [0, 0.1) is 6.92 Å². The van der Waals surface area contributed by atoms with Crippen LogP contribution < -0.4 is 0 Å². The van der Waals surface area contributed by atoms with E-state index in [-0.39, 0.29) is 0 Å². The average molecular weight is 319 g/mol. The molecule has 0 saturated heterocycles. The molecule has 1 aromatic carbocycles. The maximum absolute atomic E-state index is 11.5. The highest BCUT2D eigenvalue weighted by atomic mass is 32.2. The van der Waals surface area contributed by atoms with Crippen LogP contribution in [0.25, 0.3) is 21.9 Å². The number of aryl methyl sites for hydroxylation is 1. The van der Waals surface area contributed by atoms with Crippen molar-refractivity contribution in [2.45, 2.75) is 11.8 Å². The Kier molecular flexibility index (Phi) is 3.43. The number of rotatable bonds is 3. The monoisotopic (exact) mass is 319 g/mol. The number of sulfone groups is 1. The summed E-state index contributed by atoms with van der Waals surface area (Å²) in [4.78, 5) is 5.74. The Morgan fingerprint density at radius 3 is 2.43 bits per heavy atom. The summed E-state index contributed by atoms with van der Waals surface area (Å²) in [7, 11) is -3.19. The van der Waals surface area contributed by atoms with E-state index in [1.807, 2.05) is 17.5 Å². The third-order valence-corrected chi connectivity index (χ3v) is 5.04. The van der Waals surface area contributed by atoms with Gasteiger partial charge in [0.25, 0.3) is 0 Å². The fourth-order valence-electron chi connectivity index (χ4n) is 2.06. The number of oxazole rings is 1. The summed E-state index contributed by atoms with van der Waals surface area (Å²) in [5.41, 5.74) is 1.60. The van der Waals surface area contributed by atoms with Crippen LogP contribution in [0.2, 0.25) is 0 Å². The van der Waals surface area contributed by atoms with Gasteiger partial charge >= 0.3 is 0 Å². The molecule has 0 radical (unpaired) electrons. The van der Waals surface area contributed by atoms with Crippen molar-refractivity contribution < 1.29 is 12.8 Å². The third-order valence-electron chi connectivity index (χ3n) is 3.03. The summed E-state index contributed by atoms with van der Waals surface area (Å²) >= 11 is 1.59. The fraction of sp³-hybridized carbons (Fsp3) is 0.133. The molecule has 0 spiro atoms. The van der Waals surface area contributed by atoms with Crippen LogP contribution in [-0.4, -0.2) is 19.7 Å². The van der Waals surface area contributed by atoms with Crippen molar-refractivity contribution in [1.82, 2.24) is 4.98 Å². The summed E-state index contributed by atoms with van der Waals surface area (Å²) in [6, 6.07) is 10.6. The minimum Gasteiger partial charge on any atom is -0.440 e. The number of benzene rings is 1. The van der Waals surface area contributed by atoms with Gasteiger partial charge in [-0.3, -0.25) is 0 Å². The van der Waals surface area contributed by atoms with Crippen LogP contribution in [0.3, 0.4) is 0 Å². The van der Waals surface area contributed by atoms with E-state index in [2.05, 4.69) is 4.98 Å². The van der Waals surface area contributed by atoms with Gasteiger partial charge < -0.3 is 4.42 Å². The van der Waals surface area contributed by atoms with Gasteiger partial charge in [-0.25, -0.2) is 13.4 Å². The second-order valence-electron chi connectivity index (χ2n) is 4.68. The van der Waals surface area contributed by atoms with Gasteiger partial charge in [0.1, 0.15) is 5.69 Å². The molecular formula is C15H13NO3S2. The molecule has 0 aliphatic carbocycles. The van der Waals surface area contributed by atoms with Crippen molar-refractivity contribution in [2.24, 2.45) is 0 Å². The van der Waals surface area contributed by atoms with Crippen molar-refractivity contribution in [3.63, 3.8) is 0 Å². The number of hydrogen-bond acceptors (Lipinski definition) is 5. The molecule has 0 saturated carbocycles. The van der Waals surface area contributed by atoms with Gasteiger partial charge in [0.2, 0.25) is 0 Å². The Morgan fingerprint density at radius 1 is 1.14 bits per heavy atom. The van der Waals surface area contributed by atoms with Gasteiger partial charge in [0.05, 0.1) is 9.77 Å². The zero-order chi connectivity index (χ0) is 15.0. The van der Waals surface area contributed by atoms with Crippen molar-refractivity contribution in [3.8, 4) is 21.9 Å². The van der Waals surface area contributed by atoms with Crippen LogP contribution in [-0.2, 0) is 9.84 Å². The normalized spacial score (nSPS) is 11.7. The van der Waals surface area contributed by atoms with Crippen LogP contribution in [0.1, 0.15) is 5.89 Å². The molecule has 6 heteroatoms. The minimum absolute atomic E-state index is 0.292. The average Bonchev–Trinajstić information content (AvgIpc) is 3.06. The van der Waals surface area contributed by atoms with Crippen LogP contribution in [0.5, 0.6) is 0 Å². The Bertz CT molecular complexity index is 860. The largest absolute Gasteiger partial charge is 0.440 e. The number of nitrogens with zero attached hydrogens (tertiary/aromatic N) is 1. The zero-order valence-corrected chi connectivity index (χ0v) is 13.2. The van der Waals surface area contributed by atoms with Gasteiger partial charge in [-0.05, 0) is 35.7 Å². The molecule has 0 aliphatic heterocycles. The molecule has 2 heterocycles. The van der Waals surface area contributed by atoms with Crippen molar-refractivity contribution in [3.05, 3.63) is 47.7 Å². The summed E-state index contributed by atoms with van der Waals surface area (Å²) in [5.74, 6) is 1.25. The molecule has 3 rings (SSSR count). The molecule has 0 N–H and O–H groups in total. The minimum atomic E-state index is -3.19. The van der Waals surface area contributed by atoms with Crippen molar-refractivity contribution in [1.29, 1.82) is 0 Å². The molecule has 21 heavy (non-hydrogen) atoms. The first-order valence-electron chi connectivity index (χ1n) is 6.27. The molecule has 0 unspecified atom stereocenters. The third kappa shape index (κ3) is 2.77. The highest BCUT2D eigenvalue weighted by Gasteiger charge is 2.16. The van der Waals surface area contributed by atoms with Crippen molar-refractivity contribution in [2.75, 3.05) is 6.26 Å². The first-order chi connectivity index (χ1) is 9.95. The van der Waals surface area contributed by atoms with E-state index in [9.17, 15) is 8.42 Å². The van der Waals surface area contributed by atoms with Gasteiger partial charge in [0.15, 0.2) is 21.5 Å². The predicted molar refractivity (Wildman–Crippen MR) is 83.1 cm³/mol. The summed E-state index contributed by atoms with van der Waals surface area (Å²) in [5, 5.41) is 1.98. The lowest BCUT2D eigenvalue weighted by Crippen LogP contribution is -1.96. The molecule has 0 fully saturated rings. The van der Waals surface area contributed by atoms with E-state index in [0.29, 0.717) is 16.5 Å². The van der Waals surface area contributed by atoms with Crippen LogP contribution in [0.15, 0.2) is 51.1 Å². The summed E-state index contributed by atoms with van der Waals surface area (Å²) < 4.78 is 28.7. The summed E-state index contributed by atoms with van der Waals surface area (Å²) in [6.45, 7) is 1.80. The molecule has 2 aromatic heterocycles. The lowest BCUT2D eigenvalue weighted by atomic mass is 10.1. The van der Waals surface area contributed by atoms with Gasteiger partial charge in [-0.1, -0.05) is 6.07 Å². The Labute approximate surface area is 127 Å². The second kappa shape index (κ2) is 5.13. The fourth-order valence-corrected chi connectivity index (χ4v) is 3.40. The van der Waals surface area contributed by atoms with E-state index in [0.717, 1.165) is 16.1 Å². The maximum atomic E-state index is 11.5. The molecule has 4 nitrogen and oxygen atoms in total. The quantitative estimate of drug-likeness (QED) is 0.737. The highest BCUT2D eigenvalue weighted by molar-refractivity contribution is 7.90. The lowest BCUT2D eigenvalue weighted by Gasteiger charge is -2.02. The van der Waals surface area contributed by atoms with Crippen LogP contribution in [0.4, 0.5) is 0 Å². The SMILES string of the molecule is Cc1nc(-c2cccs2)c(-c2ccc(S(C)(=O)=O)cc2)o1. The molecular weight excluding hydrogens is 306 g/mol. The van der Waals surface area contributed by atoms with Gasteiger partial charge in [0, 0.05) is 18.7 Å². The number of aromatic nitrogens is 1. The van der Waals surface area contributed by atoms with E-state index in [1.54, 1.807) is 42.5 Å². The molecule has 108 valence electrons. The number of hydrogen-bond donors (Lipinski definition) is 0. The molecule has 0 aliphatic rings. The van der Waals surface area contributed by atoms with E-state index >= 15 is 0 Å². The van der Waals surface area contributed by atoms with E-state index in [1.165, 1.54) is 6.26 Å². The molecule has 3 aromatic rings. The molecule has 0 bridgehead atoms. The number of thiophene rings is 1. The van der Waals surface area contributed by atoms with Crippen molar-refractivity contribution >= 4 is 21.2 Å². The first kappa shape index (κ1) is 14.0. The predicted octanol–water partition coefficient (Wildman–Crippen LogP) is 3.78. The first-order valence-corrected chi connectivity index (χ1v) is 9.04. The lowest BCUT2D eigenvalue weighted by molar-refractivity contribution is 0.534.